The number of aryl methyl sites for hydroxylation is 1. The molecule has 1 heterocycles. The molecule has 3 aromatic carbocycles. The fraction of sp³-hybridized carbons (Fsp3) is 0.345. The molecule has 0 unspecified atom stereocenters. The number of fused-ring (bicyclic) bond motifs is 4. The summed E-state index contributed by atoms with van der Waals surface area (Å²) in [6.45, 7) is 5.29. The van der Waals surface area contributed by atoms with Crippen LogP contribution in [0.2, 0.25) is 0 Å². The minimum atomic E-state index is -0.656. The van der Waals surface area contributed by atoms with Gasteiger partial charge in [0.25, 0.3) is 0 Å². The molecule has 1 amide bonds. The van der Waals surface area contributed by atoms with Gasteiger partial charge in [-0.25, -0.2) is 4.79 Å². The lowest BCUT2D eigenvalue weighted by atomic mass is 9.93. The van der Waals surface area contributed by atoms with Crippen LogP contribution in [-0.2, 0) is 24.1 Å². The van der Waals surface area contributed by atoms with Crippen molar-refractivity contribution in [3.05, 3.63) is 94.5 Å². The summed E-state index contributed by atoms with van der Waals surface area (Å²) < 4.78 is 5.85. The quantitative estimate of drug-likeness (QED) is 0.553. The van der Waals surface area contributed by atoms with Crippen LogP contribution in [0.4, 0.5) is 4.79 Å². The summed E-state index contributed by atoms with van der Waals surface area (Å²) in [7, 11) is 0. The predicted octanol–water partition coefficient (Wildman–Crippen LogP) is 5.70. The maximum Gasteiger partial charge on any atom is 0.410 e. The third-order valence-corrected chi connectivity index (χ3v) is 6.90. The number of benzene rings is 3. The van der Waals surface area contributed by atoms with E-state index in [2.05, 4.69) is 66.7 Å². The van der Waals surface area contributed by atoms with E-state index in [1.165, 1.54) is 38.9 Å². The normalized spacial score (nSPS) is 15.1. The average molecular weight is 442 g/mol. The zero-order chi connectivity index (χ0) is 23.0. The lowest BCUT2D eigenvalue weighted by Crippen LogP contribution is -2.37. The first-order valence-corrected chi connectivity index (χ1v) is 11.8. The van der Waals surface area contributed by atoms with E-state index < -0.39 is 5.60 Å². The summed E-state index contributed by atoms with van der Waals surface area (Å²) in [4.78, 5) is 14.8. The minimum Gasteiger partial charge on any atom is -0.448 e. The van der Waals surface area contributed by atoms with E-state index in [1.807, 2.05) is 18.7 Å². The van der Waals surface area contributed by atoms with Crippen LogP contribution in [-0.4, -0.2) is 34.9 Å². The molecular weight excluding hydrogens is 410 g/mol. The van der Waals surface area contributed by atoms with Crippen LogP contribution in [0.1, 0.15) is 54.0 Å². The third kappa shape index (κ3) is 4.53. The van der Waals surface area contributed by atoms with Crippen molar-refractivity contribution in [3.63, 3.8) is 0 Å². The second kappa shape index (κ2) is 8.68. The first-order valence-electron chi connectivity index (χ1n) is 11.8. The fourth-order valence-corrected chi connectivity index (χ4v) is 5.05. The van der Waals surface area contributed by atoms with Crippen molar-refractivity contribution in [1.82, 2.24) is 4.90 Å². The molecule has 3 aromatic rings. The van der Waals surface area contributed by atoms with Gasteiger partial charge >= 0.3 is 6.09 Å². The summed E-state index contributed by atoms with van der Waals surface area (Å²) in [5, 5.41) is 9.99. The SMILES string of the molecule is CC(C)(O)CCc1ccc2c(c1)CCN(C(=O)OCC1c3ccccc3-c3ccccc31)C2. The first kappa shape index (κ1) is 21.7. The van der Waals surface area contributed by atoms with Crippen molar-refractivity contribution < 1.29 is 14.6 Å². The molecule has 0 aromatic heterocycles. The van der Waals surface area contributed by atoms with Crippen LogP contribution in [0.5, 0.6) is 0 Å². The van der Waals surface area contributed by atoms with Gasteiger partial charge in [-0.2, -0.15) is 0 Å². The van der Waals surface area contributed by atoms with Crippen molar-refractivity contribution in [2.45, 2.75) is 51.2 Å². The van der Waals surface area contributed by atoms with E-state index in [0.29, 0.717) is 19.7 Å². The van der Waals surface area contributed by atoms with Crippen molar-refractivity contribution in [2.24, 2.45) is 0 Å². The summed E-state index contributed by atoms with van der Waals surface area (Å²) in [6.07, 6.45) is 2.18. The molecule has 170 valence electrons. The van der Waals surface area contributed by atoms with Crippen molar-refractivity contribution in [2.75, 3.05) is 13.2 Å². The molecule has 2 aliphatic rings. The van der Waals surface area contributed by atoms with Crippen LogP contribution in [0.25, 0.3) is 11.1 Å². The number of aliphatic hydroxyl groups is 1. The number of hydrogen-bond donors (Lipinski definition) is 1. The van der Waals surface area contributed by atoms with E-state index in [0.717, 1.165) is 19.3 Å². The fourth-order valence-electron chi connectivity index (χ4n) is 5.05. The average Bonchev–Trinajstić information content (AvgIpc) is 3.14. The van der Waals surface area contributed by atoms with Gasteiger partial charge < -0.3 is 14.7 Å². The Bertz CT molecular complexity index is 1130. The van der Waals surface area contributed by atoms with E-state index in [4.69, 9.17) is 4.74 Å². The summed E-state index contributed by atoms with van der Waals surface area (Å²) in [6, 6.07) is 23.3. The van der Waals surface area contributed by atoms with Gasteiger partial charge in [-0.05, 0) is 72.1 Å². The maximum absolute atomic E-state index is 12.9. The van der Waals surface area contributed by atoms with Gasteiger partial charge in [0, 0.05) is 19.0 Å². The van der Waals surface area contributed by atoms with E-state index in [1.54, 1.807) is 0 Å². The highest BCUT2D eigenvalue weighted by Crippen LogP contribution is 2.44. The molecular formula is C29H31NO3. The Hall–Kier alpha value is -3.11. The standard InChI is InChI=1S/C29H31NO3/c1-29(2,32)15-13-20-11-12-22-18-30(16-14-21(22)17-20)28(31)33-19-27-25-9-5-3-7-23(25)24-8-4-6-10-26(24)27/h3-12,17,27,32H,13-16,18-19H2,1-2H3. The number of amides is 1. The zero-order valence-electron chi connectivity index (χ0n) is 19.4. The van der Waals surface area contributed by atoms with Crippen LogP contribution in [0.3, 0.4) is 0 Å². The lowest BCUT2D eigenvalue weighted by molar-refractivity contribution is 0.0713. The second-order valence-corrected chi connectivity index (χ2v) is 9.89. The molecule has 0 saturated heterocycles. The predicted molar refractivity (Wildman–Crippen MR) is 130 cm³/mol. The molecule has 5 rings (SSSR count). The van der Waals surface area contributed by atoms with Crippen molar-refractivity contribution in [3.8, 4) is 11.1 Å². The smallest absolute Gasteiger partial charge is 0.410 e. The first-order chi connectivity index (χ1) is 15.9. The Morgan fingerprint density at radius 2 is 1.67 bits per heavy atom. The Balaban J connectivity index is 1.23. The van der Waals surface area contributed by atoms with Crippen molar-refractivity contribution >= 4 is 6.09 Å². The molecule has 1 aliphatic carbocycles. The minimum absolute atomic E-state index is 0.0803. The molecule has 1 N–H and O–H groups in total. The molecule has 0 fully saturated rings. The van der Waals surface area contributed by atoms with Crippen LogP contribution >= 0.6 is 0 Å². The van der Waals surface area contributed by atoms with Crippen LogP contribution in [0.15, 0.2) is 66.7 Å². The largest absolute Gasteiger partial charge is 0.448 e. The number of hydrogen-bond acceptors (Lipinski definition) is 3. The molecule has 0 spiro atoms. The molecule has 1 aliphatic heterocycles. The number of carbonyl (C=O) groups excluding carboxylic acids is 1. The molecule has 0 saturated carbocycles. The number of ether oxygens (including phenoxy) is 1. The Morgan fingerprint density at radius 1 is 1.00 bits per heavy atom. The highest BCUT2D eigenvalue weighted by Gasteiger charge is 2.30. The van der Waals surface area contributed by atoms with Gasteiger partial charge in [-0.3, -0.25) is 0 Å². The van der Waals surface area contributed by atoms with Gasteiger partial charge in [0.2, 0.25) is 0 Å². The van der Waals surface area contributed by atoms with Gasteiger partial charge in [0.1, 0.15) is 6.61 Å². The Morgan fingerprint density at radius 3 is 2.33 bits per heavy atom. The van der Waals surface area contributed by atoms with E-state index >= 15 is 0 Å². The van der Waals surface area contributed by atoms with Gasteiger partial charge in [0.05, 0.1) is 5.60 Å². The lowest BCUT2D eigenvalue weighted by Gasteiger charge is -2.29. The topological polar surface area (TPSA) is 49.8 Å². The van der Waals surface area contributed by atoms with Crippen LogP contribution in [0, 0.1) is 0 Å². The summed E-state index contributed by atoms with van der Waals surface area (Å²) in [5.74, 6) is 0.0803. The summed E-state index contributed by atoms with van der Waals surface area (Å²) >= 11 is 0. The number of rotatable bonds is 5. The summed E-state index contributed by atoms with van der Waals surface area (Å²) in [5.41, 5.74) is 8.00. The Labute approximate surface area is 195 Å². The third-order valence-electron chi connectivity index (χ3n) is 6.90. The van der Waals surface area contributed by atoms with Crippen molar-refractivity contribution in [1.29, 1.82) is 0 Å². The Kier molecular flexibility index (Phi) is 5.71. The van der Waals surface area contributed by atoms with E-state index in [-0.39, 0.29) is 12.0 Å². The highest BCUT2D eigenvalue weighted by molar-refractivity contribution is 5.79. The number of carbonyl (C=O) groups is 1. The molecule has 0 atom stereocenters. The molecule has 0 radical (unpaired) electrons. The van der Waals surface area contributed by atoms with Gasteiger partial charge in [-0.1, -0.05) is 66.7 Å². The van der Waals surface area contributed by atoms with Gasteiger partial charge in [0.15, 0.2) is 0 Å². The molecule has 4 nitrogen and oxygen atoms in total. The maximum atomic E-state index is 12.9. The second-order valence-electron chi connectivity index (χ2n) is 9.89. The molecule has 0 bridgehead atoms. The van der Waals surface area contributed by atoms with E-state index in [9.17, 15) is 9.90 Å². The van der Waals surface area contributed by atoms with Gasteiger partial charge in [-0.15, -0.1) is 0 Å². The number of nitrogens with zero attached hydrogens (tertiary/aromatic N) is 1. The molecule has 33 heavy (non-hydrogen) atoms. The highest BCUT2D eigenvalue weighted by atomic mass is 16.6. The monoisotopic (exact) mass is 441 g/mol. The zero-order valence-corrected chi connectivity index (χ0v) is 19.4. The van der Waals surface area contributed by atoms with Crippen LogP contribution < -0.4 is 0 Å². The molecule has 4 heteroatoms.